The second-order valence-corrected chi connectivity index (χ2v) is 15.5. The highest BCUT2D eigenvalue weighted by Gasteiger charge is 2.22. The summed E-state index contributed by atoms with van der Waals surface area (Å²) in [7, 11) is -1.12. The van der Waals surface area contributed by atoms with E-state index >= 15 is 0 Å². The minimum absolute atomic E-state index is 0.256. The Morgan fingerprint density at radius 2 is 2.23 bits per heavy atom. The van der Waals surface area contributed by atoms with E-state index in [1.165, 1.54) is 6.21 Å². The zero-order chi connectivity index (χ0) is 21.7. The molecular weight excluding hydrogens is 511 g/mol. The SMILES string of the molecule is C[C@@H]1COCCN1c1cc(I)c(C=N)c(Nc2ccnn2COCC[Si](C)(C)C)n1. The quantitative estimate of drug-likeness (QED) is 0.214. The number of morpholine rings is 1. The summed E-state index contributed by atoms with van der Waals surface area (Å²) >= 11 is 2.27. The van der Waals surface area contributed by atoms with Gasteiger partial charge in [0.2, 0.25) is 0 Å². The number of rotatable bonds is 9. The van der Waals surface area contributed by atoms with Crippen LogP contribution in [0.4, 0.5) is 17.5 Å². The van der Waals surface area contributed by atoms with Gasteiger partial charge in [0.05, 0.1) is 25.5 Å². The first kappa shape index (κ1) is 23.2. The number of hydrogen-bond donors (Lipinski definition) is 2. The lowest BCUT2D eigenvalue weighted by Gasteiger charge is -2.34. The lowest BCUT2D eigenvalue weighted by atomic mass is 10.2. The molecule has 0 radical (unpaired) electrons. The van der Waals surface area contributed by atoms with Crippen molar-refractivity contribution in [1.29, 1.82) is 5.41 Å². The number of anilines is 3. The average Bonchev–Trinajstić information content (AvgIpc) is 3.11. The van der Waals surface area contributed by atoms with Crippen LogP contribution in [0.1, 0.15) is 12.5 Å². The van der Waals surface area contributed by atoms with E-state index in [0.717, 1.165) is 40.0 Å². The van der Waals surface area contributed by atoms with Crippen molar-refractivity contribution in [2.45, 2.75) is 45.4 Å². The number of nitrogens with one attached hydrogen (secondary N) is 2. The number of nitrogens with zero attached hydrogens (tertiary/aromatic N) is 4. The topological polar surface area (TPSA) is 88.3 Å². The van der Waals surface area contributed by atoms with Gasteiger partial charge in [-0.1, -0.05) is 19.6 Å². The molecule has 1 aliphatic heterocycles. The molecule has 3 heterocycles. The van der Waals surface area contributed by atoms with E-state index in [9.17, 15) is 0 Å². The standard InChI is InChI=1S/C20H31IN6O2Si/c1-15-13-28-8-7-26(15)19-11-17(21)16(12-22)20(25-19)24-18-5-6-23-27(18)14-29-9-10-30(2,3)4/h5-6,11-12,15,22H,7-10,13-14H2,1-4H3,(H,24,25)/t15-/m1/s1. The molecule has 0 unspecified atom stereocenters. The predicted molar refractivity (Wildman–Crippen MR) is 132 cm³/mol. The number of ether oxygens (including phenoxy) is 2. The minimum atomic E-state index is -1.12. The molecule has 1 fully saturated rings. The van der Waals surface area contributed by atoms with Crippen LogP contribution in [-0.2, 0) is 16.2 Å². The van der Waals surface area contributed by atoms with Gasteiger partial charge in [-0.2, -0.15) is 5.10 Å². The molecule has 10 heteroatoms. The van der Waals surface area contributed by atoms with E-state index in [1.807, 2.05) is 12.1 Å². The molecule has 30 heavy (non-hydrogen) atoms. The van der Waals surface area contributed by atoms with Crippen molar-refractivity contribution in [2.75, 3.05) is 36.6 Å². The first-order valence-corrected chi connectivity index (χ1v) is 15.0. The lowest BCUT2D eigenvalue weighted by Crippen LogP contribution is -2.44. The summed E-state index contributed by atoms with van der Waals surface area (Å²) in [5.41, 5.74) is 0.757. The maximum Gasteiger partial charge on any atom is 0.143 e. The van der Waals surface area contributed by atoms with E-state index in [1.54, 1.807) is 10.9 Å². The third kappa shape index (κ3) is 6.02. The second kappa shape index (κ2) is 10.2. The number of halogens is 1. The highest BCUT2D eigenvalue weighted by atomic mass is 127. The zero-order valence-corrected chi connectivity index (χ0v) is 21.3. The minimum Gasteiger partial charge on any atom is -0.377 e. The maximum absolute atomic E-state index is 7.87. The molecule has 2 aromatic rings. The van der Waals surface area contributed by atoms with Gasteiger partial charge < -0.3 is 25.1 Å². The normalized spacial score (nSPS) is 17.2. The van der Waals surface area contributed by atoms with Crippen LogP contribution in [0.2, 0.25) is 25.7 Å². The maximum atomic E-state index is 7.87. The van der Waals surface area contributed by atoms with E-state index < -0.39 is 8.07 Å². The number of aromatic nitrogens is 3. The molecule has 0 aromatic carbocycles. The Labute approximate surface area is 193 Å². The fourth-order valence-corrected chi connectivity index (χ4v) is 4.60. The molecule has 0 spiro atoms. The average molecular weight is 542 g/mol. The highest BCUT2D eigenvalue weighted by Crippen LogP contribution is 2.28. The summed E-state index contributed by atoms with van der Waals surface area (Å²) in [5.74, 6) is 2.33. The molecule has 1 atom stereocenters. The molecule has 0 amide bonds. The fraction of sp³-hybridized carbons (Fsp3) is 0.550. The molecule has 2 N–H and O–H groups in total. The zero-order valence-electron chi connectivity index (χ0n) is 18.1. The van der Waals surface area contributed by atoms with Crippen molar-refractivity contribution < 1.29 is 9.47 Å². The molecule has 164 valence electrons. The first-order chi connectivity index (χ1) is 14.3. The van der Waals surface area contributed by atoms with Gasteiger partial charge in [0.25, 0.3) is 0 Å². The van der Waals surface area contributed by atoms with Gasteiger partial charge in [0.15, 0.2) is 0 Å². The van der Waals surface area contributed by atoms with E-state index in [2.05, 4.69) is 64.5 Å². The Morgan fingerprint density at radius 1 is 1.43 bits per heavy atom. The molecule has 3 rings (SSSR count). The van der Waals surface area contributed by atoms with Gasteiger partial charge in [-0.3, -0.25) is 0 Å². The Hall–Kier alpha value is -1.50. The van der Waals surface area contributed by atoms with Gasteiger partial charge in [-0.15, -0.1) is 0 Å². The van der Waals surface area contributed by atoms with Crippen molar-refractivity contribution in [3.8, 4) is 0 Å². The third-order valence-electron chi connectivity index (χ3n) is 4.97. The van der Waals surface area contributed by atoms with Gasteiger partial charge in [-0.25, -0.2) is 9.67 Å². The van der Waals surface area contributed by atoms with E-state index in [-0.39, 0.29) is 6.04 Å². The largest absolute Gasteiger partial charge is 0.377 e. The van der Waals surface area contributed by atoms with Gasteiger partial charge in [0.1, 0.15) is 24.2 Å². The van der Waals surface area contributed by atoms with E-state index in [0.29, 0.717) is 25.8 Å². The smallest absolute Gasteiger partial charge is 0.143 e. The molecule has 0 saturated carbocycles. The van der Waals surface area contributed by atoms with Crippen molar-refractivity contribution in [2.24, 2.45) is 0 Å². The lowest BCUT2D eigenvalue weighted by molar-refractivity contribution is 0.0801. The monoisotopic (exact) mass is 542 g/mol. The third-order valence-corrected chi connectivity index (χ3v) is 7.57. The Morgan fingerprint density at radius 3 is 2.93 bits per heavy atom. The molecule has 1 aliphatic rings. The van der Waals surface area contributed by atoms with Crippen LogP contribution < -0.4 is 10.2 Å². The number of hydrogen-bond acceptors (Lipinski definition) is 7. The Balaban J connectivity index is 1.78. The molecule has 2 aromatic heterocycles. The first-order valence-electron chi connectivity index (χ1n) is 10.2. The molecule has 0 aliphatic carbocycles. The van der Waals surface area contributed by atoms with Crippen LogP contribution in [0.5, 0.6) is 0 Å². The van der Waals surface area contributed by atoms with Crippen LogP contribution in [0, 0.1) is 8.98 Å². The highest BCUT2D eigenvalue weighted by molar-refractivity contribution is 14.1. The van der Waals surface area contributed by atoms with Crippen molar-refractivity contribution in [3.63, 3.8) is 0 Å². The summed E-state index contributed by atoms with van der Waals surface area (Å²) < 4.78 is 14.2. The molecule has 0 bridgehead atoms. The van der Waals surface area contributed by atoms with Crippen LogP contribution >= 0.6 is 22.6 Å². The molecular formula is C20H31IN6O2Si. The van der Waals surface area contributed by atoms with Gasteiger partial charge >= 0.3 is 0 Å². The molecule has 8 nitrogen and oxygen atoms in total. The molecule has 1 saturated heterocycles. The van der Waals surface area contributed by atoms with Crippen LogP contribution in [0.3, 0.4) is 0 Å². The summed E-state index contributed by atoms with van der Waals surface area (Å²) in [5, 5.41) is 15.6. The predicted octanol–water partition coefficient (Wildman–Crippen LogP) is 4.16. The summed E-state index contributed by atoms with van der Waals surface area (Å²) in [6, 6.07) is 5.30. The van der Waals surface area contributed by atoms with Crippen molar-refractivity contribution >= 4 is 54.3 Å². The van der Waals surface area contributed by atoms with E-state index in [4.69, 9.17) is 19.9 Å². The Kier molecular flexibility index (Phi) is 7.88. The summed E-state index contributed by atoms with van der Waals surface area (Å²) in [6.07, 6.45) is 3.09. The van der Waals surface area contributed by atoms with Crippen LogP contribution in [0.25, 0.3) is 0 Å². The van der Waals surface area contributed by atoms with Crippen LogP contribution in [-0.4, -0.2) is 61.5 Å². The van der Waals surface area contributed by atoms with Gasteiger partial charge in [0, 0.05) is 42.6 Å². The van der Waals surface area contributed by atoms with Crippen LogP contribution in [0.15, 0.2) is 18.3 Å². The fourth-order valence-electron chi connectivity index (χ4n) is 3.15. The second-order valence-electron chi connectivity index (χ2n) is 8.68. The van der Waals surface area contributed by atoms with Gasteiger partial charge in [-0.05, 0) is 41.6 Å². The summed E-state index contributed by atoms with van der Waals surface area (Å²) in [6.45, 7) is 12.5. The van der Waals surface area contributed by atoms with Crippen molar-refractivity contribution in [3.05, 3.63) is 27.5 Å². The Bertz CT molecular complexity index is 869. The summed E-state index contributed by atoms with van der Waals surface area (Å²) in [4.78, 5) is 7.10. The van der Waals surface area contributed by atoms with Crippen molar-refractivity contribution in [1.82, 2.24) is 14.8 Å². The number of pyridine rings is 1.